The van der Waals surface area contributed by atoms with Crippen molar-refractivity contribution < 1.29 is 4.39 Å². The summed E-state index contributed by atoms with van der Waals surface area (Å²) in [5.74, 6) is 1.76. The summed E-state index contributed by atoms with van der Waals surface area (Å²) in [6, 6.07) is 3.16. The Morgan fingerprint density at radius 3 is 2.58 bits per heavy atom. The molecule has 24 heavy (non-hydrogen) atoms. The number of rotatable bonds is 3. The minimum Gasteiger partial charge on any atom is -0.354 e. The van der Waals surface area contributed by atoms with E-state index in [4.69, 9.17) is 0 Å². The lowest BCUT2D eigenvalue weighted by Crippen LogP contribution is -2.28. The van der Waals surface area contributed by atoms with E-state index in [9.17, 15) is 4.39 Å². The zero-order valence-corrected chi connectivity index (χ0v) is 14.8. The third kappa shape index (κ3) is 3.17. The van der Waals surface area contributed by atoms with Crippen LogP contribution < -0.4 is 4.90 Å². The third-order valence-corrected chi connectivity index (χ3v) is 6.36. The van der Waals surface area contributed by atoms with Crippen LogP contribution in [0.5, 0.6) is 0 Å². The summed E-state index contributed by atoms with van der Waals surface area (Å²) >= 11 is 1.76. The van der Waals surface area contributed by atoms with Crippen molar-refractivity contribution in [3.8, 4) is 0 Å². The van der Waals surface area contributed by atoms with Gasteiger partial charge in [0.05, 0.1) is 11.2 Å². The number of hydrogen-bond donors (Lipinski definition) is 0. The molecule has 0 aromatic carbocycles. The molecule has 0 saturated carbocycles. The molecule has 2 atom stereocenters. The molecule has 2 aromatic heterocycles. The van der Waals surface area contributed by atoms with Crippen LogP contribution >= 0.6 is 11.3 Å². The average molecular weight is 346 g/mol. The van der Waals surface area contributed by atoms with Crippen LogP contribution in [-0.2, 0) is 6.54 Å². The minimum absolute atomic E-state index is 0.202. The fraction of sp³-hybridized carbons (Fsp3) is 0.556. The van der Waals surface area contributed by atoms with E-state index in [0.29, 0.717) is 5.82 Å². The Bertz CT molecular complexity index is 688. The summed E-state index contributed by atoms with van der Waals surface area (Å²) in [7, 11) is 0. The largest absolute Gasteiger partial charge is 0.354 e. The molecule has 0 bridgehead atoms. The standard InChI is InChI=1S/C18H23FN4S/c1-13-17(24-12-21-13)11-22-9-14-4-7-23(8-5-15(14)10-22)18-16(19)3-2-6-20-18/h2-3,6,12,14-15H,4-5,7-11H2,1H3/t14-,15+. The molecule has 2 aromatic rings. The highest BCUT2D eigenvalue weighted by molar-refractivity contribution is 7.09. The summed E-state index contributed by atoms with van der Waals surface area (Å²) in [6.07, 6.45) is 3.93. The Labute approximate surface area is 146 Å². The highest BCUT2D eigenvalue weighted by atomic mass is 32.1. The molecule has 2 aliphatic rings. The van der Waals surface area contributed by atoms with Gasteiger partial charge in [0.2, 0.25) is 0 Å². The van der Waals surface area contributed by atoms with Gasteiger partial charge in [0, 0.05) is 43.8 Å². The van der Waals surface area contributed by atoms with Crippen LogP contribution in [0.15, 0.2) is 23.8 Å². The monoisotopic (exact) mass is 346 g/mol. The molecule has 2 aliphatic heterocycles. The fourth-order valence-electron chi connectivity index (χ4n) is 4.08. The Balaban J connectivity index is 1.39. The normalized spacial score (nSPS) is 24.8. The summed E-state index contributed by atoms with van der Waals surface area (Å²) < 4.78 is 14.0. The van der Waals surface area contributed by atoms with Gasteiger partial charge in [-0.1, -0.05) is 0 Å². The Hall–Kier alpha value is -1.53. The second-order valence-corrected chi connectivity index (χ2v) is 7.89. The van der Waals surface area contributed by atoms with Gasteiger partial charge in [0.15, 0.2) is 11.6 Å². The summed E-state index contributed by atoms with van der Waals surface area (Å²) in [6.45, 7) is 7.24. The molecule has 0 amide bonds. The van der Waals surface area contributed by atoms with Gasteiger partial charge < -0.3 is 4.90 Å². The zero-order valence-electron chi connectivity index (χ0n) is 14.0. The molecular formula is C18H23FN4S. The number of aromatic nitrogens is 2. The number of anilines is 1. The predicted molar refractivity (Wildman–Crippen MR) is 94.8 cm³/mol. The van der Waals surface area contributed by atoms with Gasteiger partial charge in [0.1, 0.15) is 0 Å². The number of halogens is 1. The molecule has 4 rings (SSSR count). The molecule has 0 aliphatic carbocycles. The van der Waals surface area contributed by atoms with Crippen LogP contribution in [0, 0.1) is 24.6 Å². The van der Waals surface area contributed by atoms with Crippen LogP contribution in [-0.4, -0.2) is 41.0 Å². The SMILES string of the molecule is Cc1ncsc1CN1C[C@H]2CCN(c3ncccc3F)CC[C@H]2C1. The lowest BCUT2D eigenvalue weighted by Gasteiger charge is -2.23. The van der Waals surface area contributed by atoms with E-state index in [2.05, 4.69) is 26.7 Å². The van der Waals surface area contributed by atoms with Crippen LogP contribution in [0.2, 0.25) is 0 Å². The molecule has 2 saturated heterocycles. The number of likely N-dealkylation sites (tertiary alicyclic amines) is 1. The van der Waals surface area contributed by atoms with Gasteiger partial charge in [-0.15, -0.1) is 11.3 Å². The quantitative estimate of drug-likeness (QED) is 0.853. The molecular weight excluding hydrogens is 323 g/mol. The highest BCUT2D eigenvalue weighted by Crippen LogP contribution is 2.34. The number of pyridine rings is 1. The lowest BCUT2D eigenvalue weighted by atomic mass is 9.92. The first-order valence-electron chi connectivity index (χ1n) is 8.67. The van der Waals surface area contributed by atoms with E-state index < -0.39 is 0 Å². The van der Waals surface area contributed by atoms with Crippen molar-refractivity contribution in [3.05, 3.63) is 40.2 Å². The molecule has 0 N–H and O–H groups in total. The van der Waals surface area contributed by atoms with Gasteiger partial charge >= 0.3 is 0 Å². The topological polar surface area (TPSA) is 32.3 Å². The molecule has 0 radical (unpaired) electrons. The summed E-state index contributed by atoms with van der Waals surface area (Å²) in [5, 5.41) is 0. The van der Waals surface area contributed by atoms with Crippen molar-refractivity contribution in [2.45, 2.75) is 26.3 Å². The summed E-state index contributed by atoms with van der Waals surface area (Å²) in [5.41, 5.74) is 3.11. The second kappa shape index (κ2) is 6.76. The molecule has 4 heterocycles. The van der Waals surface area contributed by atoms with Gasteiger partial charge in [-0.05, 0) is 43.7 Å². The average Bonchev–Trinajstić information content (AvgIpc) is 3.10. The van der Waals surface area contributed by atoms with Crippen LogP contribution in [0.4, 0.5) is 10.2 Å². The van der Waals surface area contributed by atoms with E-state index in [1.807, 2.05) is 5.51 Å². The van der Waals surface area contributed by atoms with E-state index in [0.717, 1.165) is 57.4 Å². The lowest BCUT2D eigenvalue weighted by molar-refractivity contribution is 0.311. The van der Waals surface area contributed by atoms with Crippen molar-refractivity contribution in [3.63, 3.8) is 0 Å². The van der Waals surface area contributed by atoms with Gasteiger partial charge in [-0.3, -0.25) is 4.90 Å². The molecule has 0 unspecified atom stereocenters. The summed E-state index contributed by atoms with van der Waals surface area (Å²) in [4.78, 5) is 14.7. The van der Waals surface area contributed by atoms with E-state index in [-0.39, 0.29) is 5.82 Å². The Morgan fingerprint density at radius 2 is 1.96 bits per heavy atom. The molecule has 4 nitrogen and oxygen atoms in total. The van der Waals surface area contributed by atoms with Crippen LogP contribution in [0.1, 0.15) is 23.4 Å². The first-order chi connectivity index (χ1) is 11.7. The number of nitrogens with zero attached hydrogens (tertiary/aromatic N) is 4. The highest BCUT2D eigenvalue weighted by Gasteiger charge is 2.35. The smallest absolute Gasteiger partial charge is 0.165 e. The van der Waals surface area contributed by atoms with Gasteiger partial charge in [-0.25, -0.2) is 14.4 Å². The first kappa shape index (κ1) is 16.0. The van der Waals surface area contributed by atoms with E-state index in [1.54, 1.807) is 23.6 Å². The van der Waals surface area contributed by atoms with E-state index >= 15 is 0 Å². The maximum atomic E-state index is 14.0. The van der Waals surface area contributed by atoms with Crippen LogP contribution in [0.3, 0.4) is 0 Å². The zero-order chi connectivity index (χ0) is 16.5. The van der Waals surface area contributed by atoms with E-state index in [1.165, 1.54) is 16.6 Å². The number of hydrogen-bond acceptors (Lipinski definition) is 5. The minimum atomic E-state index is -0.202. The number of aryl methyl sites for hydroxylation is 1. The second-order valence-electron chi connectivity index (χ2n) is 6.95. The molecule has 6 heteroatoms. The Kier molecular flexibility index (Phi) is 4.50. The molecule has 128 valence electrons. The van der Waals surface area contributed by atoms with Crippen molar-refractivity contribution in [1.29, 1.82) is 0 Å². The maximum absolute atomic E-state index is 14.0. The number of fused-ring (bicyclic) bond motifs is 1. The van der Waals surface area contributed by atoms with Crippen molar-refractivity contribution >= 4 is 17.2 Å². The van der Waals surface area contributed by atoms with Gasteiger partial charge in [0.25, 0.3) is 0 Å². The third-order valence-electron chi connectivity index (χ3n) is 5.44. The van der Waals surface area contributed by atoms with Gasteiger partial charge in [-0.2, -0.15) is 0 Å². The first-order valence-corrected chi connectivity index (χ1v) is 9.55. The van der Waals surface area contributed by atoms with Crippen molar-refractivity contribution in [1.82, 2.24) is 14.9 Å². The van der Waals surface area contributed by atoms with Crippen molar-refractivity contribution in [2.75, 3.05) is 31.1 Å². The molecule has 2 fully saturated rings. The fourth-order valence-corrected chi connectivity index (χ4v) is 4.90. The van der Waals surface area contributed by atoms with Crippen LogP contribution in [0.25, 0.3) is 0 Å². The van der Waals surface area contributed by atoms with Crippen molar-refractivity contribution in [2.24, 2.45) is 11.8 Å². The number of thiazole rings is 1. The Morgan fingerprint density at radius 1 is 1.21 bits per heavy atom. The molecule has 0 spiro atoms. The predicted octanol–water partition coefficient (Wildman–Crippen LogP) is 3.33. The maximum Gasteiger partial charge on any atom is 0.165 e.